The Hall–Kier alpha value is -1.84. The van der Waals surface area contributed by atoms with E-state index in [0.29, 0.717) is 18.4 Å². The highest BCUT2D eigenvalue weighted by atomic mass is 16.5. The predicted molar refractivity (Wildman–Crippen MR) is 67.3 cm³/mol. The molecule has 1 amide bonds. The van der Waals surface area contributed by atoms with Crippen molar-refractivity contribution < 1.29 is 14.3 Å². The van der Waals surface area contributed by atoms with Crippen LogP contribution >= 0.6 is 0 Å². The topological polar surface area (TPSA) is 55.4 Å². The molecule has 1 atom stereocenters. The Balaban J connectivity index is 2.42. The molecule has 1 aromatic rings. The maximum atomic E-state index is 12.1. The van der Waals surface area contributed by atoms with Crippen molar-refractivity contribution in [2.24, 2.45) is 0 Å². The van der Waals surface area contributed by atoms with Crippen LogP contribution in [0.2, 0.25) is 0 Å². The highest BCUT2D eigenvalue weighted by Gasteiger charge is 2.44. The Morgan fingerprint density at radius 1 is 1.44 bits per heavy atom. The van der Waals surface area contributed by atoms with Gasteiger partial charge in [0.2, 0.25) is 0 Å². The third kappa shape index (κ3) is 1.98. The number of esters is 1. The summed E-state index contributed by atoms with van der Waals surface area (Å²) in [6.45, 7) is 1.98. The number of ether oxygens (including phenoxy) is 1. The quantitative estimate of drug-likeness (QED) is 0.827. The number of amides is 1. The van der Waals surface area contributed by atoms with Gasteiger partial charge >= 0.3 is 5.97 Å². The van der Waals surface area contributed by atoms with Crippen molar-refractivity contribution in [2.45, 2.75) is 31.7 Å². The largest absolute Gasteiger partial charge is 0.467 e. The zero-order valence-electron chi connectivity index (χ0n) is 10.7. The molecule has 1 N–H and O–H groups in total. The lowest BCUT2D eigenvalue weighted by atomic mass is 9.81. The van der Waals surface area contributed by atoms with E-state index in [1.165, 1.54) is 7.11 Å². The number of nitrogens with one attached hydrogen (secondary N) is 1. The molecular weight excluding hydrogens is 230 g/mol. The van der Waals surface area contributed by atoms with Gasteiger partial charge in [-0.1, -0.05) is 31.5 Å². The van der Waals surface area contributed by atoms with Gasteiger partial charge in [-0.3, -0.25) is 4.79 Å². The fraction of sp³-hybridized carbons (Fsp3) is 0.429. The van der Waals surface area contributed by atoms with Crippen molar-refractivity contribution in [2.75, 3.05) is 7.11 Å². The van der Waals surface area contributed by atoms with Crippen molar-refractivity contribution in [1.29, 1.82) is 0 Å². The highest BCUT2D eigenvalue weighted by molar-refractivity contribution is 6.01. The number of rotatable bonds is 3. The molecule has 0 spiro atoms. The third-order valence-electron chi connectivity index (χ3n) is 3.36. The van der Waals surface area contributed by atoms with Crippen LogP contribution < -0.4 is 5.32 Å². The molecule has 0 bridgehead atoms. The molecule has 1 aromatic carbocycles. The second-order valence-corrected chi connectivity index (χ2v) is 4.61. The summed E-state index contributed by atoms with van der Waals surface area (Å²) in [5.41, 5.74) is 0.641. The van der Waals surface area contributed by atoms with Crippen LogP contribution in [0.3, 0.4) is 0 Å². The van der Waals surface area contributed by atoms with Crippen molar-refractivity contribution in [3.8, 4) is 0 Å². The molecule has 1 heterocycles. The van der Waals surface area contributed by atoms with E-state index in [0.717, 1.165) is 12.0 Å². The maximum absolute atomic E-state index is 12.1. The van der Waals surface area contributed by atoms with Gasteiger partial charge in [-0.2, -0.15) is 0 Å². The van der Waals surface area contributed by atoms with Crippen LogP contribution in [-0.4, -0.2) is 24.5 Å². The van der Waals surface area contributed by atoms with Crippen LogP contribution in [0.5, 0.6) is 0 Å². The van der Waals surface area contributed by atoms with E-state index in [2.05, 4.69) is 5.32 Å². The average molecular weight is 247 g/mol. The standard InChI is InChI=1S/C14H17NO3/c1-3-8-14(13(17)18-2)9-10-6-4-5-7-11(10)12(16)15-14/h4-7H,3,8-9H2,1-2H3,(H,15,16). The Bertz CT molecular complexity index is 484. The summed E-state index contributed by atoms with van der Waals surface area (Å²) in [5.74, 6) is -0.567. The van der Waals surface area contributed by atoms with Crippen LogP contribution in [0, 0.1) is 0 Å². The van der Waals surface area contributed by atoms with Gasteiger partial charge in [0.1, 0.15) is 5.54 Å². The zero-order chi connectivity index (χ0) is 13.2. The molecule has 96 valence electrons. The van der Waals surface area contributed by atoms with Gasteiger partial charge in [0, 0.05) is 12.0 Å². The third-order valence-corrected chi connectivity index (χ3v) is 3.36. The summed E-state index contributed by atoms with van der Waals surface area (Å²) in [5, 5.41) is 2.82. The van der Waals surface area contributed by atoms with E-state index in [1.807, 2.05) is 25.1 Å². The van der Waals surface area contributed by atoms with E-state index in [9.17, 15) is 9.59 Å². The van der Waals surface area contributed by atoms with Gasteiger partial charge in [0.15, 0.2) is 0 Å². The minimum absolute atomic E-state index is 0.198. The Morgan fingerprint density at radius 3 is 2.83 bits per heavy atom. The fourth-order valence-electron chi connectivity index (χ4n) is 2.55. The fourth-order valence-corrected chi connectivity index (χ4v) is 2.55. The molecule has 1 aliphatic heterocycles. The van der Waals surface area contributed by atoms with E-state index in [-0.39, 0.29) is 11.9 Å². The predicted octanol–water partition coefficient (Wildman–Crippen LogP) is 1.68. The first kappa shape index (κ1) is 12.6. The molecule has 0 radical (unpaired) electrons. The lowest BCUT2D eigenvalue weighted by molar-refractivity contribution is -0.148. The number of hydrogen-bond donors (Lipinski definition) is 1. The van der Waals surface area contributed by atoms with Gasteiger partial charge in [-0.25, -0.2) is 4.79 Å². The molecule has 0 aliphatic carbocycles. The number of benzene rings is 1. The normalized spacial score (nSPS) is 22.0. The molecule has 4 heteroatoms. The smallest absolute Gasteiger partial charge is 0.331 e. The van der Waals surface area contributed by atoms with E-state index in [1.54, 1.807) is 6.07 Å². The summed E-state index contributed by atoms with van der Waals surface area (Å²) in [4.78, 5) is 24.1. The average Bonchev–Trinajstić information content (AvgIpc) is 2.38. The van der Waals surface area contributed by atoms with Crippen LogP contribution in [0.25, 0.3) is 0 Å². The molecule has 0 saturated carbocycles. The lowest BCUT2D eigenvalue weighted by Gasteiger charge is -2.36. The first-order valence-corrected chi connectivity index (χ1v) is 6.12. The number of fused-ring (bicyclic) bond motifs is 1. The minimum Gasteiger partial charge on any atom is -0.467 e. The van der Waals surface area contributed by atoms with Crippen molar-refractivity contribution in [3.63, 3.8) is 0 Å². The molecule has 0 saturated heterocycles. The number of carbonyl (C=O) groups excluding carboxylic acids is 2. The van der Waals surface area contributed by atoms with Crippen molar-refractivity contribution >= 4 is 11.9 Å². The second kappa shape index (κ2) is 4.80. The number of hydrogen-bond acceptors (Lipinski definition) is 3. The second-order valence-electron chi connectivity index (χ2n) is 4.61. The maximum Gasteiger partial charge on any atom is 0.331 e. The molecule has 18 heavy (non-hydrogen) atoms. The van der Waals surface area contributed by atoms with E-state index >= 15 is 0 Å². The van der Waals surface area contributed by atoms with Gasteiger partial charge in [-0.15, -0.1) is 0 Å². The molecule has 2 rings (SSSR count). The van der Waals surface area contributed by atoms with Gasteiger partial charge in [0.05, 0.1) is 7.11 Å². The Morgan fingerprint density at radius 2 is 2.17 bits per heavy atom. The first-order chi connectivity index (χ1) is 8.63. The van der Waals surface area contributed by atoms with E-state index < -0.39 is 5.54 Å². The molecule has 1 unspecified atom stereocenters. The van der Waals surface area contributed by atoms with Crippen molar-refractivity contribution in [3.05, 3.63) is 35.4 Å². The van der Waals surface area contributed by atoms with Gasteiger partial charge < -0.3 is 10.1 Å². The SMILES string of the molecule is CCCC1(C(=O)OC)Cc2ccccc2C(=O)N1. The summed E-state index contributed by atoms with van der Waals surface area (Å²) in [6.07, 6.45) is 1.88. The summed E-state index contributed by atoms with van der Waals surface area (Å²) < 4.78 is 4.86. The van der Waals surface area contributed by atoms with Crippen LogP contribution in [0.1, 0.15) is 35.7 Å². The summed E-state index contributed by atoms with van der Waals surface area (Å²) >= 11 is 0. The zero-order valence-corrected chi connectivity index (χ0v) is 10.7. The number of carbonyl (C=O) groups is 2. The van der Waals surface area contributed by atoms with Crippen LogP contribution in [-0.2, 0) is 16.0 Å². The monoisotopic (exact) mass is 247 g/mol. The molecule has 4 nitrogen and oxygen atoms in total. The van der Waals surface area contributed by atoms with Gasteiger partial charge in [0.25, 0.3) is 5.91 Å². The molecule has 0 fully saturated rings. The minimum atomic E-state index is -0.908. The molecule has 1 aliphatic rings. The Labute approximate surface area is 106 Å². The summed E-state index contributed by atoms with van der Waals surface area (Å²) in [6, 6.07) is 7.37. The highest BCUT2D eigenvalue weighted by Crippen LogP contribution is 2.28. The van der Waals surface area contributed by atoms with Gasteiger partial charge in [-0.05, 0) is 18.1 Å². The van der Waals surface area contributed by atoms with Crippen LogP contribution in [0.15, 0.2) is 24.3 Å². The van der Waals surface area contributed by atoms with Crippen LogP contribution in [0.4, 0.5) is 0 Å². The molecule has 0 aromatic heterocycles. The molecular formula is C14H17NO3. The number of methoxy groups -OCH3 is 1. The first-order valence-electron chi connectivity index (χ1n) is 6.12. The van der Waals surface area contributed by atoms with Crippen molar-refractivity contribution in [1.82, 2.24) is 5.32 Å². The summed E-state index contributed by atoms with van der Waals surface area (Å²) in [7, 11) is 1.35. The van der Waals surface area contributed by atoms with E-state index in [4.69, 9.17) is 4.74 Å². The Kier molecular flexibility index (Phi) is 3.36. The lowest BCUT2D eigenvalue weighted by Crippen LogP contribution is -2.59.